The van der Waals surface area contributed by atoms with Gasteiger partial charge in [-0.1, -0.05) is 6.07 Å². The van der Waals surface area contributed by atoms with Crippen molar-refractivity contribution in [2.24, 2.45) is 0 Å². The molecule has 0 amide bonds. The molecular weight excluding hydrogens is 427 g/mol. The van der Waals surface area contributed by atoms with E-state index in [2.05, 4.69) is 36.8 Å². The van der Waals surface area contributed by atoms with E-state index in [1.165, 1.54) is 7.05 Å². The molecule has 21 heavy (non-hydrogen) atoms. The van der Waals surface area contributed by atoms with Crippen molar-refractivity contribution in [1.29, 1.82) is 0 Å². The number of rotatable bonds is 4. The van der Waals surface area contributed by atoms with E-state index in [9.17, 15) is 12.8 Å². The molecule has 2 rings (SSSR count). The molecule has 0 saturated carbocycles. The van der Waals surface area contributed by atoms with E-state index in [4.69, 9.17) is 0 Å². The van der Waals surface area contributed by atoms with Crippen molar-refractivity contribution >= 4 is 41.9 Å². The van der Waals surface area contributed by atoms with Gasteiger partial charge in [0, 0.05) is 22.2 Å². The first kappa shape index (κ1) is 16.5. The molecule has 0 aliphatic carbocycles. The normalized spacial score (nSPS) is 11.9. The fourth-order valence-electron chi connectivity index (χ4n) is 1.74. The van der Waals surface area contributed by atoms with Gasteiger partial charge >= 0.3 is 0 Å². The second-order valence-corrected chi connectivity index (χ2v) is 7.97. The van der Waals surface area contributed by atoms with Crippen LogP contribution >= 0.6 is 31.9 Å². The Kier molecular flexibility index (Phi) is 5.13. The molecule has 0 fully saturated rings. The van der Waals surface area contributed by atoms with Gasteiger partial charge in [0.2, 0.25) is 10.0 Å². The van der Waals surface area contributed by atoms with Crippen LogP contribution in [0.3, 0.4) is 0 Å². The smallest absolute Gasteiger partial charge is 0.245 e. The third-order valence-electron chi connectivity index (χ3n) is 2.74. The third kappa shape index (κ3) is 3.68. The summed E-state index contributed by atoms with van der Waals surface area (Å²) < 4.78 is 40.0. The van der Waals surface area contributed by atoms with Gasteiger partial charge in [-0.3, -0.25) is 4.98 Å². The molecule has 0 N–H and O–H groups in total. The highest BCUT2D eigenvalue weighted by Crippen LogP contribution is 2.33. The molecule has 0 aliphatic rings. The number of halogens is 3. The van der Waals surface area contributed by atoms with Crippen LogP contribution in [0.15, 0.2) is 50.4 Å². The topological polar surface area (TPSA) is 50.3 Å². The Balaban J connectivity index is 2.38. The largest absolute Gasteiger partial charge is 0.260 e. The Bertz CT molecular complexity index is 731. The number of sulfonamides is 1. The molecule has 0 aliphatic heterocycles. The number of aromatic nitrogens is 1. The lowest BCUT2D eigenvalue weighted by molar-refractivity contribution is 0.461. The Morgan fingerprint density at radius 2 is 1.86 bits per heavy atom. The molecule has 0 spiro atoms. The maximum Gasteiger partial charge on any atom is 0.245 e. The van der Waals surface area contributed by atoms with E-state index in [1.54, 1.807) is 24.4 Å². The third-order valence-corrected chi connectivity index (χ3v) is 6.42. The number of hydrogen-bond donors (Lipinski definition) is 0. The molecule has 0 atom stereocenters. The van der Waals surface area contributed by atoms with Gasteiger partial charge in [-0.25, -0.2) is 12.8 Å². The lowest BCUT2D eigenvalue weighted by Gasteiger charge is -2.18. The van der Waals surface area contributed by atoms with E-state index >= 15 is 0 Å². The van der Waals surface area contributed by atoms with Crippen molar-refractivity contribution < 1.29 is 12.8 Å². The SMILES string of the molecule is CN(Cc1ccccn1)S(=O)(=O)c1c(Br)cc(F)cc1Br. The lowest BCUT2D eigenvalue weighted by Crippen LogP contribution is -2.27. The van der Waals surface area contributed by atoms with Gasteiger partial charge in [0.25, 0.3) is 0 Å². The molecule has 0 unspecified atom stereocenters. The Hall–Kier alpha value is -0.830. The van der Waals surface area contributed by atoms with Crippen molar-refractivity contribution in [1.82, 2.24) is 9.29 Å². The monoisotopic (exact) mass is 436 g/mol. The van der Waals surface area contributed by atoms with Crippen molar-refractivity contribution in [2.75, 3.05) is 7.05 Å². The van der Waals surface area contributed by atoms with Gasteiger partial charge in [-0.05, 0) is 56.1 Å². The van der Waals surface area contributed by atoms with Crippen molar-refractivity contribution in [3.63, 3.8) is 0 Å². The minimum Gasteiger partial charge on any atom is -0.260 e. The second kappa shape index (κ2) is 6.51. The molecule has 1 heterocycles. The highest BCUT2D eigenvalue weighted by molar-refractivity contribution is 9.11. The van der Waals surface area contributed by atoms with Gasteiger partial charge in [0.15, 0.2) is 0 Å². The van der Waals surface area contributed by atoms with Crippen molar-refractivity contribution in [2.45, 2.75) is 11.4 Å². The first-order chi connectivity index (χ1) is 9.82. The van der Waals surface area contributed by atoms with Crippen LogP contribution in [0.5, 0.6) is 0 Å². The van der Waals surface area contributed by atoms with Crippen LogP contribution in [0.2, 0.25) is 0 Å². The minimum atomic E-state index is -3.78. The van der Waals surface area contributed by atoms with E-state index in [1.807, 2.05) is 0 Å². The molecular formula is C13H11Br2FN2O2S. The first-order valence-electron chi connectivity index (χ1n) is 5.83. The summed E-state index contributed by atoms with van der Waals surface area (Å²) in [6.45, 7) is 0.124. The zero-order valence-electron chi connectivity index (χ0n) is 10.9. The summed E-state index contributed by atoms with van der Waals surface area (Å²) in [6, 6.07) is 7.51. The fourth-order valence-corrected chi connectivity index (χ4v) is 5.32. The summed E-state index contributed by atoms with van der Waals surface area (Å²) >= 11 is 6.19. The second-order valence-electron chi connectivity index (χ2n) is 4.28. The number of pyridine rings is 1. The summed E-state index contributed by atoms with van der Waals surface area (Å²) in [6.07, 6.45) is 1.60. The van der Waals surface area contributed by atoms with Crippen LogP contribution in [0.25, 0.3) is 0 Å². The van der Waals surface area contributed by atoms with E-state index in [0.29, 0.717) is 5.69 Å². The Labute approximate surface area is 139 Å². The summed E-state index contributed by atoms with van der Waals surface area (Å²) in [5.74, 6) is -0.528. The quantitative estimate of drug-likeness (QED) is 0.734. The van der Waals surface area contributed by atoms with Crippen LogP contribution in [0.4, 0.5) is 4.39 Å². The van der Waals surface area contributed by atoms with Crippen molar-refractivity contribution in [3.05, 3.63) is 57.0 Å². The highest BCUT2D eigenvalue weighted by atomic mass is 79.9. The molecule has 0 bridgehead atoms. The number of nitrogens with zero attached hydrogens (tertiary/aromatic N) is 2. The fraction of sp³-hybridized carbons (Fsp3) is 0.154. The van der Waals surface area contributed by atoms with Gasteiger partial charge < -0.3 is 0 Å². The summed E-state index contributed by atoms with van der Waals surface area (Å²) in [7, 11) is -2.33. The maximum absolute atomic E-state index is 13.3. The standard InChI is InChI=1S/C13H11Br2FN2O2S/c1-18(8-10-4-2-3-5-17-10)21(19,20)13-11(14)6-9(16)7-12(13)15/h2-7H,8H2,1H3. The van der Waals surface area contributed by atoms with E-state index < -0.39 is 15.8 Å². The lowest BCUT2D eigenvalue weighted by atomic mass is 10.3. The molecule has 1 aromatic carbocycles. The van der Waals surface area contributed by atoms with Gasteiger partial charge in [-0.2, -0.15) is 4.31 Å². The zero-order valence-corrected chi connectivity index (χ0v) is 14.9. The summed E-state index contributed by atoms with van der Waals surface area (Å²) in [5.41, 5.74) is 0.623. The summed E-state index contributed by atoms with van der Waals surface area (Å²) in [4.78, 5) is 4.08. The molecule has 0 saturated heterocycles. The minimum absolute atomic E-state index is 0.0117. The predicted molar refractivity (Wildman–Crippen MR) is 84.7 cm³/mol. The van der Waals surface area contributed by atoms with Crippen LogP contribution in [-0.2, 0) is 16.6 Å². The molecule has 8 heteroatoms. The number of hydrogen-bond acceptors (Lipinski definition) is 3. The molecule has 4 nitrogen and oxygen atoms in total. The average molecular weight is 438 g/mol. The average Bonchev–Trinajstić information content (AvgIpc) is 2.38. The molecule has 2 aromatic rings. The molecule has 0 radical (unpaired) electrons. The molecule has 1 aromatic heterocycles. The van der Waals surface area contributed by atoms with Crippen LogP contribution in [0, 0.1) is 5.82 Å². The predicted octanol–water partition coefficient (Wildman–Crippen LogP) is 3.57. The van der Waals surface area contributed by atoms with Crippen LogP contribution < -0.4 is 0 Å². The maximum atomic E-state index is 13.3. The van der Waals surface area contributed by atoms with E-state index in [-0.39, 0.29) is 20.4 Å². The Morgan fingerprint density at radius 1 is 1.24 bits per heavy atom. The van der Waals surface area contributed by atoms with Crippen molar-refractivity contribution in [3.8, 4) is 0 Å². The highest BCUT2D eigenvalue weighted by Gasteiger charge is 2.27. The van der Waals surface area contributed by atoms with Crippen LogP contribution in [0.1, 0.15) is 5.69 Å². The van der Waals surface area contributed by atoms with Crippen LogP contribution in [-0.4, -0.2) is 24.8 Å². The Morgan fingerprint density at radius 3 is 2.38 bits per heavy atom. The zero-order chi connectivity index (χ0) is 15.6. The summed E-state index contributed by atoms with van der Waals surface area (Å²) in [5, 5.41) is 0. The van der Waals surface area contributed by atoms with Gasteiger partial charge in [-0.15, -0.1) is 0 Å². The number of benzene rings is 1. The molecule has 112 valence electrons. The first-order valence-corrected chi connectivity index (χ1v) is 8.86. The van der Waals surface area contributed by atoms with Gasteiger partial charge in [0.05, 0.1) is 12.2 Å². The van der Waals surface area contributed by atoms with Gasteiger partial charge in [0.1, 0.15) is 10.7 Å². The van der Waals surface area contributed by atoms with E-state index in [0.717, 1.165) is 16.4 Å².